The summed E-state index contributed by atoms with van der Waals surface area (Å²) in [5.74, 6) is 1.86. The number of nitrogens with zero attached hydrogens (tertiary/aromatic N) is 3. The van der Waals surface area contributed by atoms with Crippen molar-refractivity contribution in [1.29, 1.82) is 0 Å². The summed E-state index contributed by atoms with van der Waals surface area (Å²) < 4.78 is 13.1. The number of amides is 1. The van der Waals surface area contributed by atoms with Crippen LogP contribution in [0.2, 0.25) is 5.02 Å². The fourth-order valence-electron chi connectivity index (χ4n) is 2.86. The number of hydrogen-bond donors (Lipinski definition) is 1. The molecule has 9 heteroatoms. The van der Waals surface area contributed by atoms with Crippen LogP contribution < -0.4 is 14.8 Å². The minimum Gasteiger partial charge on any atom is -0.495 e. The van der Waals surface area contributed by atoms with E-state index in [1.165, 1.54) is 18.9 Å². The number of benzene rings is 2. The highest BCUT2D eigenvalue weighted by atomic mass is 35.5. The average molecular weight is 459 g/mol. The van der Waals surface area contributed by atoms with E-state index in [-0.39, 0.29) is 17.8 Å². The van der Waals surface area contributed by atoms with Crippen LogP contribution in [0.15, 0.2) is 66.3 Å². The highest BCUT2D eigenvalue weighted by Gasteiger charge is 2.20. The quantitative estimate of drug-likeness (QED) is 0.340. The summed E-state index contributed by atoms with van der Waals surface area (Å²) in [6.07, 6.45) is 1.43. The van der Waals surface area contributed by atoms with Gasteiger partial charge in [0.05, 0.1) is 18.6 Å². The number of carbonyl (C=O) groups excluding carboxylic acids is 1. The van der Waals surface area contributed by atoms with Crippen LogP contribution in [-0.2, 0) is 11.3 Å². The van der Waals surface area contributed by atoms with Gasteiger partial charge in [-0.3, -0.25) is 9.36 Å². The fraction of sp³-hybridized carbons (Fsp3) is 0.227. The molecule has 0 saturated heterocycles. The van der Waals surface area contributed by atoms with Crippen LogP contribution in [0.3, 0.4) is 0 Å². The summed E-state index contributed by atoms with van der Waals surface area (Å²) in [6.45, 7) is 6.21. The lowest BCUT2D eigenvalue weighted by Crippen LogP contribution is -2.16. The van der Waals surface area contributed by atoms with Gasteiger partial charge in [0, 0.05) is 11.6 Å². The summed E-state index contributed by atoms with van der Waals surface area (Å²) in [5.41, 5.74) is 0.513. The number of hydrogen-bond acceptors (Lipinski definition) is 6. The number of allylic oxidation sites excluding steroid dienone is 1. The molecular weight excluding hydrogens is 436 g/mol. The van der Waals surface area contributed by atoms with Gasteiger partial charge in [-0.25, -0.2) is 0 Å². The smallest absolute Gasteiger partial charge is 0.234 e. The van der Waals surface area contributed by atoms with Crippen LogP contribution >= 0.6 is 23.4 Å². The zero-order valence-electron chi connectivity index (χ0n) is 17.2. The van der Waals surface area contributed by atoms with Crippen LogP contribution in [-0.4, -0.2) is 33.5 Å². The Morgan fingerprint density at radius 2 is 2.06 bits per heavy atom. The molecule has 0 saturated carbocycles. The standard InChI is InChI=1S/C22H23ClN4O3S/c1-4-12-27-21(15(2)30-17-8-6-5-7-9-17)25-26-22(27)31-14-20(28)24-18-13-16(23)10-11-19(18)29-3/h4-11,13,15H,1,12,14H2,2-3H3,(H,24,28). The highest BCUT2D eigenvalue weighted by Crippen LogP contribution is 2.29. The van der Waals surface area contributed by atoms with Crippen molar-refractivity contribution in [3.05, 3.63) is 72.0 Å². The molecular formula is C22H23ClN4O3S. The summed E-state index contributed by atoms with van der Waals surface area (Å²) in [5, 5.41) is 12.5. The van der Waals surface area contributed by atoms with E-state index < -0.39 is 0 Å². The first-order valence-corrected chi connectivity index (χ1v) is 10.9. The van der Waals surface area contributed by atoms with Crippen molar-refractivity contribution < 1.29 is 14.3 Å². The predicted octanol–water partition coefficient (Wildman–Crippen LogP) is 5.00. The van der Waals surface area contributed by atoms with E-state index >= 15 is 0 Å². The number of anilines is 1. The van der Waals surface area contributed by atoms with Crippen LogP contribution in [0.25, 0.3) is 0 Å². The molecule has 0 bridgehead atoms. The Balaban J connectivity index is 1.68. The number of para-hydroxylation sites is 1. The van der Waals surface area contributed by atoms with E-state index in [0.717, 1.165) is 5.75 Å². The minimum absolute atomic E-state index is 0.138. The van der Waals surface area contributed by atoms with Crippen molar-refractivity contribution in [2.24, 2.45) is 0 Å². The molecule has 0 aliphatic rings. The lowest BCUT2D eigenvalue weighted by atomic mass is 10.3. The van der Waals surface area contributed by atoms with E-state index in [0.29, 0.717) is 34.0 Å². The van der Waals surface area contributed by atoms with Crippen LogP contribution in [0.4, 0.5) is 5.69 Å². The molecule has 1 atom stereocenters. The molecule has 7 nitrogen and oxygen atoms in total. The lowest BCUT2D eigenvalue weighted by Gasteiger charge is -2.15. The number of halogens is 1. The third kappa shape index (κ3) is 6.02. The molecule has 0 aliphatic heterocycles. The maximum atomic E-state index is 12.5. The molecule has 1 heterocycles. The van der Waals surface area contributed by atoms with Crippen LogP contribution in [0, 0.1) is 0 Å². The van der Waals surface area contributed by atoms with Crippen molar-refractivity contribution >= 4 is 35.0 Å². The number of aromatic nitrogens is 3. The Kier molecular flexibility index (Phi) is 7.97. The van der Waals surface area contributed by atoms with Crippen LogP contribution in [0.5, 0.6) is 11.5 Å². The van der Waals surface area contributed by atoms with Crippen molar-refractivity contribution in [3.63, 3.8) is 0 Å². The molecule has 1 unspecified atom stereocenters. The van der Waals surface area contributed by atoms with E-state index in [1.54, 1.807) is 24.3 Å². The average Bonchev–Trinajstić information content (AvgIpc) is 3.16. The predicted molar refractivity (Wildman–Crippen MR) is 123 cm³/mol. The van der Waals surface area contributed by atoms with Gasteiger partial charge in [-0.2, -0.15) is 0 Å². The number of nitrogens with one attached hydrogen (secondary N) is 1. The summed E-state index contributed by atoms with van der Waals surface area (Å²) in [7, 11) is 1.53. The first-order chi connectivity index (χ1) is 15.0. The zero-order chi connectivity index (χ0) is 22.2. The van der Waals surface area contributed by atoms with Crippen molar-refractivity contribution in [1.82, 2.24) is 14.8 Å². The molecule has 1 N–H and O–H groups in total. The van der Waals surface area contributed by atoms with Gasteiger partial charge in [0.15, 0.2) is 17.1 Å². The van der Waals surface area contributed by atoms with Gasteiger partial charge < -0.3 is 14.8 Å². The molecule has 2 aromatic carbocycles. The Labute approximate surface area is 190 Å². The lowest BCUT2D eigenvalue weighted by molar-refractivity contribution is -0.113. The van der Waals surface area contributed by atoms with Crippen molar-refractivity contribution in [2.45, 2.75) is 24.7 Å². The van der Waals surface area contributed by atoms with Gasteiger partial charge >= 0.3 is 0 Å². The summed E-state index contributed by atoms with van der Waals surface area (Å²) >= 11 is 7.30. The minimum atomic E-state index is -0.325. The fourth-order valence-corrected chi connectivity index (χ4v) is 3.79. The maximum Gasteiger partial charge on any atom is 0.234 e. The first-order valence-electron chi connectivity index (χ1n) is 9.53. The molecule has 1 aromatic heterocycles. The number of thioether (sulfide) groups is 1. The molecule has 162 valence electrons. The van der Waals surface area contributed by atoms with Gasteiger partial charge in [0.25, 0.3) is 0 Å². The summed E-state index contributed by atoms with van der Waals surface area (Å²) in [4.78, 5) is 12.5. The molecule has 1 amide bonds. The van der Waals surface area contributed by atoms with Gasteiger partial charge in [0.1, 0.15) is 11.5 Å². The second-order valence-corrected chi connectivity index (χ2v) is 7.87. The maximum absolute atomic E-state index is 12.5. The number of rotatable bonds is 10. The Bertz CT molecular complexity index is 1040. The monoisotopic (exact) mass is 458 g/mol. The second kappa shape index (κ2) is 10.9. The molecule has 0 aliphatic carbocycles. The summed E-state index contributed by atoms with van der Waals surface area (Å²) in [6, 6.07) is 14.6. The first kappa shape index (κ1) is 22.7. The topological polar surface area (TPSA) is 78.3 Å². The van der Waals surface area contributed by atoms with Gasteiger partial charge in [0.2, 0.25) is 5.91 Å². The molecule has 0 spiro atoms. The SMILES string of the molecule is C=CCn1c(SCC(=O)Nc2cc(Cl)ccc2OC)nnc1C(C)Oc1ccccc1. The van der Waals surface area contributed by atoms with E-state index in [2.05, 4.69) is 22.1 Å². The molecule has 3 aromatic rings. The van der Waals surface area contributed by atoms with Gasteiger partial charge in [-0.15, -0.1) is 16.8 Å². The zero-order valence-corrected chi connectivity index (χ0v) is 18.8. The number of ether oxygens (including phenoxy) is 2. The Morgan fingerprint density at radius 3 is 2.77 bits per heavy atom. The molecule has 0 fully saturated rings. The van der Waals surface area contributed by atoms with E-state index in [4.69, 9.17) is 21.1 Å². The molecule has 3 rings (SSSR count). The Morgan fingerprint density at radius 1 is 1.29 bits per heavy atom. The largest absolute Gasteiger partial charge is 0.495 e. The van der Waals surface area contributed by atoms with Crippen molar-refractivity contribution in [2.75, 3.05) is 18.2 Å². The molecule has 0 radical (unpaired) electrons. The molecule has 31 heavy (non-hydrogen) atoms. The van der Waals surface area contributed by atoms with Crippen LogP contribution in [0.1, 0.15) is 18.9 Å². The third-order valence-electron chi connectivity index (χ3n) is 4.24. The van der Waals surface area contributed by atoms with E-state index in [9.17, 15) is 4.79 Å². The third-order valence-corrected chi connectivity index (χ3v) is 5.45. The number of carbonyl (C=O) groups is 1. The van der Waals surface area contributed by atoms with E-state index in [1.807, 2.05) is 41.8 Å². The van der Waals surface area contributed by atoms with Crippen molar-refractivity contribution in [3.8, 4) is 11.5 Å². The normalized spacial score (nSPS) is 11.6. The second-order valence-electron chi connectivity index (χ2n) is 6.49. The number of methoxy groups -OCH3 is 1. The highest BCUT2D eigenvalue weighted by molar-refractivity contribution is 7.99. The Hall–Kier alpha value is -2.97. The van der Waals surface area contributed by atoms with Gasteiger partial charge in [-0.1, -0.05) is 47.6 Å². The van der Waals surface area contributed by atoms with Gasteiger partial charge in [-0.05, 0) is 37.3 Å².